The average Bonchev–Trinajstić information content (AvgIpc) is 3.28. The quantitative estimate of drug-likeness (QED) is 0.272. The molecule has 0 fully saturated rings. The molecule has 0 amide bonds. The summed E-state index contributed by atoms with van der Waals surface area (Å²) in [6.07, 6.45) is -2.85. The van der Waals surface area contributed by atoms with Crippen LogP contribution in [0.5, 0.6) is 5.88 Å². The van der Waals surface area contributed by atoms with Crippen molar-refractivity contribution in [1.82, 2.24) is 9.55 Å². The van der Waals surface area contributed by atoms with Gasteiger partial charge in [0.1, 0.15) is 17.3 Å². The van der Waals surface area contributed by atoms with Gasteiger partial charge in [0.15, 0.2) is 0 Å². The van der Waals surface area contributed by atoms with E-state index in [9.17, 15) is 23.1 Å². The Hall–Kier alpha value is -3.56. The molecular weight excluding hydrogens is 528 g/mol. The zero-order valence-corrected chi connectivity index (χ0v) is 20.9. The maximum absolute atomic E-state index is 13.5. The second-order valence-corrected chi connectivity index (χ2v) is 9.49. The second-order valence-electron chi connectivity index (χ2n) is 8.70. The molecule has 0 atom stereocenters. The average molecular weight is 548 g/mol. The van der Waals surface area contributed by atoms with Gasteiger partial charge >= 0.3 is 17.7 Å². The van der Waals surface area contributed by atoms with Crippen LogP contribution in [-0.2, 0) is 26.3 Å². The van der Waals surface area contributed by atoms with E-state index >= 15 is 0 Å². The van der Waals surface area contributed by atoms with Gasteiger partial charge in [-0.1, -0.05) is 53.5 Å². The fourth-order valence-corrected chi connectivity index (χ4v) is 4.96. The molecule has 2 aromatic heterocycles. The molecule has 3 heterocycles. The molecule has 190 valence electrons. The topological polar surface area (TPSA) is 62.2 Å². The summed E-state index contributed by atoms with van der Waals surface area (Å²) in [5.41, 5.74) is 1.07. The van der Waals surface area contributed by atoms with Crippen molar-refractivity contribution in [3.63, 3.8) is 0 Å². The fraction of sp³-hybridized carbons (Fsp3) is 0.192. The summed E-state index contributed by atoms with van der Waals surface area (Å²) in [5.74, 6) is 0.316. The summed E-state index contributed by atoms with van der Waals surface area (Å²) in [6.45, 7) is 1.44. The van der Waals surface area contributed by atoms with E-state index in [1.165, 1.54) is 6.07 Å². The molecule has 1 aliphatic rings. The zero-order chi connectivity index (χ0) is 26.5. The van der Waals surface area contributed by atoms with Gasteiger partial charge in [-0.25, -0.2) is 14.3 Å². The monoisotopic (exact) mass is 547 g/mol. The number of aromatic nitrogens is 3. The van der Waals surface area contributed by atoms with Crippen molar-refractivity contribution in [3.8, 4) is 28.1 Å². The molecule has 2 aromatic carbocycles. The summed E-state index contributed by atoms with van der Waals surface area (Å²) < 4.78 is 42.3. The number of rotatable bonds is 4. The minimum atomic E-state index is -4.51. The number of fused-ring (bicyclic) bond motifs is 1. The Morgan fingerprint density at radius 1 is 1.05 bits per heavy atom. The predicted octanol–water partition coefficient (Wildman–Crippen LogP) is 5.45. The van der Waals surface area contributed by atoms with Gasteiger partial charge < -0.3 is 5.11 Å². The largest absolute Gasteiger partial charge is 0.483 e. The van der Waals surface area contributed by atoms with E-state index in [0.29, 0.717) is 47.4 Å². The van der Waals surface area contributed by atoms with Crippen molar-refractivity contribution < 1.29 is 22.8 Å². The maximum Gasteiger partial charge on any atom is 0.416 e. The first-order valence-corrected chi connectivity index (χ1v) is 12.0. The minimum absolute atomic E-state index is 0.0697. The van der Waals surface area contributed by atoms with Crippen LogP contribution in [0.25, 0.3) is 22.3 Å². The Bertz CT molecular complexity index is 1570. The normalized spacial score (nSPS) is 13.2. The fourth-order valence-electron chi connectivity index (χ4n) is 4.56. The number of hydrogen-bond donors (Lipinski definition) is 1. The first-order valence-electron chi connectivity index (χ1n) is 11.2. The highest BCUT2D eigenvalue weighted by Crippen LogP contribution is 2.37. The first kappa shape index (κ1) is 25.1. The Morgan fingerprint density at radius 2 is 1.81 bits per heavy atom. The van der Waals surface area contributed by atoms with E-state index in [0.717, 1.165) is 17.7 Å². The van der Waals surface area contributed by atoms with Gasteiger partial charge in [0, 0.05) is 22.3 Å². The summed E-state index contributed by atoms with van der Waals surface area (Å²) in [7, 11) is 1.67. The molecule has 1 N–H and O–H groups in total. The van der Waals surface area contributed by atoms with Gasteiger partial charge in [-0.15, -0.1) is 0 Å². The highest BCUT2D eigenvalue weighted by molar-refractivity contribution is 6.33. The zero-order valence-electron chi connectivity index (χ0n) is 19.4. The second kappa shape index (κ2) is 9.39. The van der Waals surface area contributed by atoms with Gasteiger partial charge in [-0.2, -0.15) is 17.7 Å². The van der Waals surface area contributed by atoms with E-state index in [2.05, 4.69) is 4.98 Å². The smallest absolute Gasteiger partial charge is 0.416 e. The Kier molecular flexibility index (Phi) is 6.37. The Labute approximate surface area is 219 Å². The molecule has 5 rings (SSSR count). The van der Waals surface area contributed by atoms with Gasteiger partial charge in [0.25, 0.3) is 5.88 Å². The van der Waals surface area contributed by atoms with Gasteiger partial charge in [-0.3, -0.25) is 4.90 Å². The molecule has 4 aromatic rings. The predicted molar refractivity (Wildman–Crippen MR) is 135 cm³/mol. The van der Waals surface area contributed by atoms with Crippen molar-refractivity contribution in [2.75, 3.05) is 11.4 Å². The van der Waals surface area contributed by atoms with Crippen LogP contribution in [0.15, 0.2) is 65.6 Å². The molecule has 0 unspecified atom stereocenters. The summed E-state index contributed by atoms with van der Waals surface area (Å²) in [6, 6.07) is 13.3. The molecule has 0 saturated heterocycles. The lowest BCUT2D eigenvalue weighted by atomic mass is 9.99. The van der Waals surface area contributed by atoms with Gasteiger partial charge in [-0.05, 0) is 35.4 Å². The number of hydrogen-bond acceptors (Lipinski definition) is 4. The molecule has 37 heavy (non-hydrogen) atoms. The van der Waals surface area contributed by atoms with E-state index in [1.54, 1.807) is 52.7 Å². The SMILES string of the molecule is C[n+]1c(O)c(-c2cccc(-c3ccc(C(F)(F)F)cc3Cl)c2)c(=O)n2c1N(Cc1ccc(Cl)nc1)CC2. The molecule has 6 nitrogen and oxygen atoms in total. The van der Waals surface area contributed by atoms with Crippen molar-refractivity contribution >= 4 is 29.2 Å². The number of halogens is 5. The third-order valence-corrected chi connectivity index (χ3v) is 6.88. The van der Waals surface area contributed by atoms with E-state index in [4.69, 9.17) is 23.2 Å². The highest BCUT2D eigenvalue weighted by atomic mass is 35.5. The van der Waals surface area contributed by atoms with Crippen LogP contribution in [-0.4, -0.2) is 21.2 Å². The third-order valence-electron chi connectivity index (χ3n) is 6.34. The number of aromatic hydroxyl groups is 1. The maximum atomic E-state index is 13.5. The van der Waals surface area contributed by atoms with E-state index in [1.807, 2.05) is 11.0 Å². The molecule has 0 radical (unpaired) electrons. The lowest BCUT2D eigenvalue weighted by Crippen LogP contribution is -2.42. The van der Waals surface area contributed by atoms with E-state index in [-0.39, 0.29) is 22.0 Å². The lowest BCUT2D eigenvalue weighted by Gasteiger charge is -2.16. The number of benzene rings is 2. The minimum Gasteiger partial charge on any atom is -0.483 e. The van der Waals surface area contributed by atoms with E-state index < -0.39 is 11.7 Å². The van der Waals surface area contributed by atoms with Crippen LogP contribution >= 0.6 is 23.2 Å². The van der Waals surface area contributed by atoms with Crippen LogP contribution in [0.1, 0.15) is 11.1 Å². The Balaban J connectivity index is 1.54. The molecule has 0 spiro atoms. The lowest BCUT2D eigenvalue weighted by molar-refractivity contribution is -0.668. The summed E-state index contributed by atoms with van der Waals surface area (Å²) >= 11 is 12.1. The van der Waals surface area contributed by atoms with Crippen LogP contribution < -0.4 is 15.0 Å². The third kappa shape index (κ3) is 4.65. The van der Waals surface area contributed by atoms with Crippen LogP contribution in [0.4, 0.5) is 19.1 Å². The van der Waals surface area contributed by atoms with Crippen molar-refractivity contribution in [1.29, 1.82) is 0 Å². The summed E-state index contributed by atoms with van der Waals surface area (Å²) in [4.78, 5) is 19.6. The summed E-state index contributed by atoms with van der Waals surface area (Å²) in [5, 5.41) is 11.4. The number of nitrogens with zero attached hydrogens (tertiary/aromatic N) is 4. The molecule has 11 heteroatoms. The van der Waals surface area contributed by atoms with Crippen molar-refractivity contribution in [2.45, 2.75) is 19.3 Å². The molecule has 0 saturated carbocycles. The van der Waals surface area contributed by atoms with Crippen LogP contribution in [0, 0.1) is 0 Å². The number of pyridine rings is 1. The van der Waals surface area contributed by atoms with Gasteiger partial charge in [0.05, 0.1) is 25.7 Å². The van der Waals surface area contributed by atoms with Gasteiger partial charge in [0.2, 0.25) is 0 Å². The van der Waals surface area contributed by atoms with Crippen LogP contribution in [0.2, 0.25) is 10.2 Å². The van der Waals surface area contributed by atoms with Crippen molar-refractivity contribution in [2.24, 2.45) is 7.05 Å². The molecule has 1 aliphatic heterocycles. The highest BCUT2D eigenvalue weighted by Gasteiger charge is 2.36. The molecule has 0 bridgehead atoms. The van der Waals surface area contributed by atoms with Crippen LogP contribution in [0.3, 0.4) is 0 Å². The van der Waals surface area contributed by atoms with Crippen molar-refractivity contribution in [3.05, 3.63) is 92.5 Å². The number of alkyl halides is 3. The standard InChI is InChI=1S/C26H19Cl2F3N4O2/c1-33-23(36)22(24(37)35-10-9-34(25(33)35)14-15-5-8-21(28)32-13-15)17-4-2-3-16(11-17)19-7-6-18(12-20(19)27)26(29,30)31/h2-8,11-13H,9-10,14H2,1H3/p+1. The first-order chi connectivity index (χ1) is 17.5. The Morgan fingerprint density at radius 3 is 2.49 bits per heavy atom. The molecular formula is C26H20Cl2F3N4O2+. The number of anilines is 1. The molecule has 0 aliphatic carbocycles.